The summed E-state index contributed by atoms with van der Waals surface area (Å²) in [6, 6.07) is 18.9. The molecule has 2 aromatic rings. The number of aryl methyl sites for hydroxylation is 1. The maximum absolute atomic E-state index is 5.97. The maximum atomic E-state index is 5.97. The van der Waals surface area contributed by atoms with Crippen LogP contribution in [0, 0.1) is 6.92 Å². The standard InChI is InChI=1S/C19H26N4.HI/c1-15-9-11-18(12-10-15)22-19(20)21-13-16(2)23(3)14-17-7-5-4-6-8-17;/h4-12,16H,13-14H2,1-3H3,(H3,20,21,22);1H. The molecule has 0 spiro atoms. The second-order valence-corrected chi connectivity index (χ2v) is 5.97. The summed E-state index contributed by atoms with van der Waals surface area (Å²) in [5, 5.41) is 3.12. The van der Waals surface area contributed by atoms with Crippen LogP contribution < -0.4 is 11.1 Å². The molecule has 0 bridgehead atoms. The second-order valence-electron chi connectivity index (χ2n) is 5.97. The third-order valence-electron chi connectivity index (χ3n) is 3.88. The van der Waals surface area contributed by atoms with Crippen molar-refractivity contribution in [3.63, 3.8) is 0 Å². The Morgan fingerprint density at radius 2 is 1.75 bits per heavy atom. The highest BCUT2D eigenvalue weighted by molar-refractivity contribution is 14.0. The fourth-order valence-corrected chi connectivity index (χ4v) is 2.22. The van der Waals surface area contributed by atoms with Gasteiger partial charge in [0.15, 0.2) is 5.96 Å². The molecule has 0 heterocycles. The van der Waals surface area contributed by atoms with E-state index in [0.29, 0.717) is 18.5 Å². The van der Waals surface area contributed by atoms with Crippen LogP contribution >= 0.6 is 24.0 Å². The molecule has 5 heteroatoms. The molecule has 0 saturated heterocycles. The number of hydrogen-bond donors (Lipinski definition) is 2. The van der Waals surface area contributed by atoms with Crippen LogP contribution in [-0.2, 0) is 6.54 Å². The summed E-state index contributed by atoms with van der Waals surface area (Å²) in [4.78, 5) is 6.72. The largest absolute Gasteiger partial charge is 0.370 e. The second kappa shape index (κ2) is 10.3. The summed E-state index contributed by atoms with van der Waals surface area (Å²) >= 11 is 0. The highest BCUT2D eigenvalue weighted by Crippen LogP contribution is 2.09. The van der Waals surface area contributed by atoms with Crippen LogP contribution in [0.2, 0.25) is 0 Å². The van der Waals surface area contributed by atoms with Crippen LogP contribution in [0.4, 0.5) is 5.69 Å². The molecule has 0 aromatic heterocycles. The van der Waals surface area contributed by atoms with Gasteiger partial charge in [0.05, 0.1) is 6.54 Å². The average Bonchev–Trinajstić information content (AvgIpc) is 2.55. The van der Waals surface area contributed by atoms with Gasteiger partial charge in [-0.05, 0) is 38.6 Å². The number of aliphatic imine (C=N–C) groups is 1. The van der Waals surface area contributed by atoms with Crippen molar-refractivity contribution in [2.45, 2.75) is 26.4 Å². The smallest absolute Gasteiger partial charge is 0.193 e. The van der Waals surface area contributed by atoms with Gasteiger partial charge in [-0.3, -0.25) is 9.89 Å². The average molecular weight is 438 g/mol. The number of nitrogens with one attached hydrogen (secondary N) is 1. The number of guanidine groups is 1. The molecular formula is C19H27IN4. The molecule has 0 aliphatic rings. The Labute approximate surface area is 162 Å². The molecule has 0 radical (unpaired) electrons. The van der Waals surface area contributed by atoms with Crippen LogP contribution in [0.5, 0.6) is 0 Å². The van der Waals surface area contributed by atoms with Crippen LogP contribution in [0.15, 0.2) is 59.6 Å². The van der Waals surface area contributed by atoms with E-state index < -0.39 is 0 Å². The van der Waals surface area contributed by atoms with E-state index in [9.17, 15) is 0 Å². The molecule has 2 rings (SSSR count). The molecule has 1 unspecified atom stereocenters. The molecule has 0 saturated carbocycles. The van der Waals surface area contributed by atoms with E-state index in [-0.39, 0.29) is 24.0 Å². The van der Waals surface area contributed by atoms with E-state index >= 15 is 0 Å². The molecule has 3 N–H and O–H groups in total. The number of rotatable bonds is 6. The molecule has 2 aromatic carbocycles. The monoisotopic (exact) mass is 438 g/mol. The molecule has 130 valence electrons. The summed E-state index contributed by atoms with van der Waals surface area (Å²) in [7, 11) is 2.11. The quantitative estimate of drug-likeness (QED) is 0.409. The fourth-order valence-electron chi connectivity index (χ4n) is 2.22. The molecule has 1 atom stereocenters. The zero-order chi connectivity index (χ0) is 16.7. The van der Waals surface area contributed by atoms with E-state index in [1.165, 1.54) is 11.1 Å². The van der Waals surface area contributed by atoms with Gasteiger partial charge in [-0.25, -0.2) is 0 Å². The summed E-state index contributed by atoms with van der Waals surface area (Å²) in [6.45, 7) is 5.79. The lowest BCUT2D eigenvalue weighted by atomic mass is 10.2. The van der Waals surface area contributed by atoms with Gasteiger partial charge in [0.25, 0.3) is 0 Å². The van der Waals surface area contributed by atoms with Gasteiger partial charge in [0.1, 0.15) is 0 Å². The number of anilines is 1. The molecule has 0 fully saturated rings. The van der Waals surface area contributed by atoms with Crippen molar-refractivity contribution >= 4 is 35.6 Å². The number of hydrogen-bond acceptors (Lipinski definition) is 2. The summed E-state index contributed by atoms with van der Waals surface area (Å²) < 4.78 is 0. The Balaban J connectivity index is 0.00000288. The molecule has 0 aliphatic heterocycles. The number of nitrogens with two attached hydrogens (primary N) is 1. The summed E-state index contributed by atoms with van der Waals surface area (Å²) in [5.74, 6) is 0.453. The van der Waals surface area contributed by atoms with Crippen LogP contribution in [-0.4, -0.2) is 30.5 Å². The fraction of sp³-hybridized carbons (Fsp3) is 0.316. The normalized spacial score (nSPS) is 12.6. The first-order chi connectivity index (χ1) is 11.0. The first-order valence-corrected chi connectivity index (χ1v) is 7.92. The van der Waals surface area contributed by atoms with E-state index in [1.54, 1.807) is 0 Å². The number of halogens is 1. The van der Waals surface area contributed by atoms with E-state index in [2.05, 4.69) is 60.4 Å². The SMILES string of the molecule is Cc1ccc(NC(N)=NCC(C)N(C)Cc2ccccc2)cc1.I. The van der Waals surface area contributed by atoms with E-state index in [4.69, 9.17) is 5.73 Å². The van der Waals surface area contributed by atoms with Crippen molar-refractivity contribution in [1.29, 1.82) is 0 Å². The predicted octanol–water partition coefficient (Wildman–Crippen LogP) is 3.86. The summed E-state index contributed by atoms with van der Waals surface area (Å²) in [6.07, 6.45) is 0. The molecule has 0 aliphatic carbocycles. The lowest BCUT2D eigenvalue weighted by molar-refractivity contribution is 0.255. The lowest BCUT2D eigenvalue weighted by Gasteiger charge is -2.23. The van der Waals surface area contributed by atoms with E-state index in [0.717, 1.165) is 12.2 Å². The third kappa shape index (κ3) is 6.88. The van der Waals surface area contributed by atoms with Crippen molar-refractivity contribution in [2.24, 2.45) is 10.7 Å². The Hall–Kier alpha value is -1.60. The Morgan fingerprint density at radius 3 is 2.38 bits per heavy atom. The Bertz CT molecular complexity index is 626. The van der Waals surface area contributed by atoms with E-state index in [1.807, 2.05) is 30.3 Å². The Kier molecular flexibility index (Phi) is 8.78. The van der Waals surface area contributed by atoms with Crippen molar-refractivity contribution in [1.82, 2.24) is 4.90 Å². The third-order valence-corrected chi connectivity index (χ3v) is 3.88. The first kappa shape index (κ1) is 20.4. The number of likely N-dealkylation sites (N-methyl/N-ethyl adjacent to an activating group) is 1. The molecular weight excluding hydrogens is 411 g/mol. The van der Waals surface area contributed by atoms with Gasteiger partial charge in [-0.1, -0.05) is 48.0 Å². The van der Waals surface area contributed by atoms with Gasteiger partial charge in [-0.15, -0.1) is 24.0 Å². The van der Waals surface area contributed by atoms with Gasteiger partial charge >= 0.3 is 0 Å². The molecule has 24 heavy (non-hydrogen) atoms. The highest BCUT2D eigenvalue weighted by Gasteiger charge is 2.09. The minimum Gasteiger partial charge on any atom is -0.370 e. The zero-order valence-corrected chi connectivity index (χ0v) is 16.9. The van der Waals surface area contributed by atoms with Crippen LogP contribution in [0.3, 0.4) is 0 Å². The maximum Gasteiger partial charge on any atom is 0.193 e. The van der Waals surface area contributed by atoms with Gasteiger partial charge in [0.2, 0.25) is 0 Å². The van der Waals surface area contributed by atoms with Crippen molar-refractivity contribution in [3.8, 4) is 0 Å². The summed E-state index contributed by atoms with van der Waals surface area (Å²) in [5.41, 5.74) is 9.45. The zero-order valence-electron chi connectivity index (χ0n) is 14.6. The van der Waals surface area contributed by atoms with Crippen LogP contribution in [0.25, 0.3) is 0 Å². The van der Waals surface area contributed by atoms with Gasteiger partial charge < -0.3 is 11.1 Å². The van der Waals surface area contributed by atoms with Crippen LogP contribution in [0.1, 0.15) is 18.1 Å². The van der Waals surface area contributed by atoms with Gasteiger partial charge in [0, 0.05) is 18.3 Å². The predicted molar refractivity (Wildman–Crippen MR) is 114 cm³/mol. The molecule has 4 nitrogen and oxygen atoms in total. The van der Waals surface area contributed by atoms with Crippen molar-refractivity contribution < 1.29 is 0 Å². The number of benzene rings is 2. The molecule has 0 amide bonds. The van der Waals surface area contributed by atoms with Crippen molar-refractivity contribution in [3.05, 3.63) is 65.7 Å². The minimum atomic E-state index is 0. The minimum absolute atomic E-state index is 0. The first-order valence-electron chi connectivity index (χ1n) is 7.92. The highest BCUT2D eigenvalue weighted by atomic mass is 127. The van der Waals surface area contributed by atoms with Gasteiger partial charge in [-0.2, -0.15) is 0 Å². The lowest BCUT2D eigenvalue weighted by Crippen LogP contribution is -2.32. The topological polar surface area (TPSA) is 53.6 Å². The van der Waals surface area contributed by atoms with Crippen molar-refractivity contribution in [2.75, 3.05) is 18.9 Å². The Morgan fingerprint density at radius 1 is 1.12 bits per heavy atom. The number of nitrogens with zero attached hydrogens (tertiary/aromatic N) is 2.